The van der Waals surface area contributed by atoms with Crippen molar-refractivity contribution in [2.45, 2.75) is 20.3 Å². The number of pyridine rings is 1. The zero-order valence-corrected chi connectivity index (χ0v) is 16.2. The fraction of sp³-hybridized carbons (Fsp3) is 0.238. The first kappa shape index (κ1) is 18.2. The number of aromatic nitrogens is 1. The molecular weight excluding hydrogens is 346 g/mol. The van der Waals surface area contributed by atoms with Gasteiger partial charge in [-0.1, -0.05) is 29.8 Å². The number of fused-ring (bicyclic) bond motifs is 1. The maximum absolute atomic E-state index is 12.6. The normalized spacial score (nSPS) is 10.8. The van der Waals surface area contributed by atoms with E-state index in [-0.39, 0.29) is 12.3 Å². The molecule has 3 rings (SSSR count). The van der Waals surface area contributed by atoms with Crippen LogP contribution in [0.15, 0.2) is 42.5 Å². The molecule has 0 fully saturated rings. The number of aryl methyl sites for hydroxylation is 2. The van der Waals surface area contributed by atoms with Crippen molar-refractivity contribution in [1.29, 1.82) is 0 Å². The van der Waals surface area contributed by atoms with Crippen molar-refractivity contribution in [1.82, 2.24) is 4.98 Å². The van der Waals surface area contributed by atoms with Gasteiger partial charge in [-0.25, -0.2) is 0 Å². The highest BCUT2D eigenvalue weighted by atomic mass is 35.5. The highest BCUT2D eigenvalue weighted by Gasteiger charge is 2.14. The van der Waals surface area contributed by atoms with E-state index in [9.17, 15) is 4.79 Å². The van der Waals surface area contributed by atoms with Gasteiger partial charge < -0.3 is 10.2 Å². The molecule has 0 radical (unpaired) electrons. The second-order valence-corrected chi connectivity index (χ2v) is 7.01. The molecule has 0 atom stereocenters. The molecule has 0 bridgehead atoms. The van der Waals surface area contributed by atoms with E-state index in [1.54, 1.807) is 6.07 Å². The van der Waals surface area contributed by atoms with Gasteiger partial charge in [-0.05, 0) is 49.2 Å². The summed E-state index contributed by atoms with van der Waals surface area (Å²) in [5.74, 6) is -0.0815. The van der Waals surface area contributed by atoms with Crippen molar-refractivity contribution in [3.63, 3.8) is 0 Å². The second kappa shape index (κ2) is 7.34. The second-order valence-electron chi connectivity index (χ2n) is 6.60. The van der Waals surface area contributed by atoms with E-state index in [2.05, 4.69) is 10.3 Å². The van der Waals surface area contributed by atoms with Crippen LogP contribution in [0, 0.1) is 13.8 Å². The van der Waals surface area contributed by atoms with Gasteiger partial charge in [0, 0.05) is 30.9 Å². The van der Waals surface area contributed by atoms with Gasteiger partial charge in [0.05, 0.1) is 22.6 Å². The number of amides is 1. The average Bonchev–Trinajstić information content (AvgIpc) is 2.58. The molecule has 1 aromatic heterocycles. The van der Waals surface area contributed by atoms with Gasteiger partial charge in [-0.2, -0.15) is 0 Å². The Balaban J connectivity index is 1.82. The van der Waals surface area contributed by atoms with Gasteiger partial charge in [0.15, 0.2) is 0 Å². The summed E-state index contributed by atoms with van der Waals surface area (Å²) in [5.41, 5.74) is 5.52. The zero-order chi connectivity index (χ0) is 18.8. The molecular formula is C21H22ClN3O. The molecule has 5 heteroatoms. The topological polar surface area (TPSA) is 45.2 Å². The van der Waals surface area contributed by atoms with E-state index in [4.69, 9.17) is 11.6 Å². The Morgan fingerprint density at radius 3 is 2.58 bits per heavy atom. The third kappa shape index (κ3) is 3.65. The van der Waals surface area contributed by atoms with Crippen LogP contribution in [0.5, 0.6) is 0 Å². The summed E-state index contributed by atoms with van der Waals surface area (Å²) < 4.78 is 0. The Hall–Kier alpha value is -2.59. The Labute approximate surface area is 158 Å². The molecule has 0 aliphatic rings. The number of benzene rings is 2. The molecule has 1 heterocycles. The van der Waals surface area contributed by atoms with Crippen LogP contribution < -0.4 is 10.2 Å². The Morgan fingerprint density at radius 1 is 1.15 bits per heavy atom. The maximum Gasteiger partial charge on any atom is 0.228 e. The lowest BCUT2D eigenvalue weighted by Crippen LogP contribution is -2.17. The summed E-state index contributed by atoms with van der Waals surface area (Å²) in [6, 6.07) is 13.5. The Bertz CT molecular complexity index is 982. The van der Waals surface area contributed by atoms with Crippen molar-refractivity contribution >= 4 is 39.8 Å². The fourth-order valence-corrected chi connectivity index (χ4v) is 3.49. The predicted molar refractivity (Wildman–Crippen MR) is 109 cm³/mol. The van der Waals surface area contributed by atoms with Crippen LogP contribution in [-0.2, 0) is 11.2 Å². The number of hydrogen-bond donors (Lipinski definition) is 1. The van der Waals surface area contributed by atoms with Crippen LogP contribution in [0.4, 0.5) is 11.4 Å². The monoisotopic (exact) mass is 367 g/mol. The van der Waals surface area contributed by atoms with E-state index in [1.165, 1.54) is 0 Å². The molecule has 1 N–H and O–H groups in total. The number of hydrogen-bond acceptors (Lipinski definition) is 3. The summed E-state index contributed by atoms with van der Waals surface area (Å²) in [5, 5.41) is 4.62. The van der Waals surface area contributed by atoms with Crippen LogP contribution in [0.2, 0.25) is 5.02 Å². The van der Waals surface area contributed by atoms with Crippen molar-refractivity contribution in [2.24, 2.45) is 0 Å². The lowest BCUT2D eigenvalue weighted by molar-refractivity contribution is -0.115. The van der Waals surface area contributed by atoms with Crippen LogP contribution in [-0.4, -0.2) is 25.0 Å². The van der Waals surface area contributed by atoms with E-state index >= 15 is 0 Å². The third-order valence-electron chi connectivity index (χ3n) is 4.54. The highest BCUT2D eigenvalue weighted by molar-refractivity contribution is 6.33. The average molecular weight is 368 g/mol. The number of rotatable bonds is 4. The lowest BCUT2D eigenvalue weighted by Gasteiger charge is -2.16. The number of carbonyl (C=O) groups excluding carboxylic acids is 1. The van der Waals surface area contributed by atoms with Gasteiger partial charge in [0.2, 0.25) is 5.91 Å². The molecule has 134 valence electrons. The smallest absolute Gasteiger partial charge is 0.228 e. The molecule has 0 aliphatic carbocycles. The van der Waals surface area contributed by atoms with Gasteiger partial charge in [-0.3, -0.25) is 9.78 Å². The van der Waals surface area contributed by atoms with Crippen LogP contribution >= 0.6 is 11.6 Å². The molecule has 2 aromatic carbocycles. The summed E-state index contributed by atoms with van der Waals surface area (Å²) in [6.45, 7) is 3.99. The van der Waals surface area contributed by atoms with E-state index in [0.717, 1.165) is 33.4 Å². The summed E-state index contributed by atoms with van der Waals surface area (Å²) in [6.07, 6.45) is 0.280. The van der Waals surface area contributed by atoms with Crippen molar-refractivity contribution in [3.05, 3.63) is 64.3 Å². The molecule has 0 saturated carbocycles. The first-order valence-electron chi connectivity index (χ1n) is 8.48. The number of halogens is 1. The molecule has 26 heavy (non-hydrogen) atoms. The van der Waals surface area contributed by atoms with E-state index in [0.29, 0.717) is 10.7 Å². The van der Waals surface area contributed by atoms with Crippen LogP contribution in [0.3, 0.4) is 0 Å². The molecule has 3 aromatic rings. The van der Waals surface area contributed by atoms with E-state index in [1.807, 2.05) is 69.2 Å². The molecule has 1 amide bonds. The Kier molecular flexibility index (Phi) is 5.14. The number of nitrogens with zero attached hydrogens (tertiary/aromatic N) is 2. The maximum atomic E-state index is 12.6. The number of para-hydroxylation sites is 1. The van der Waals surface area contributed by atoms with Gasteiger partial charge >= 0.3 is 0 Å². The first-order valence-corrected chi connectivity index (χ1v) is 8.86. The summed E-state index contributed by atoms with van der Waals surface area (Å²) in [7, 11) is 3.86. The predicted octanol–water partition coefficient (Wildman–Crippen LogP) is 4.75. The van der Waals surface area contributed by atoms with Gasteiger partial charge in [-0.15, -0.1) is 0 Å². The molecule has 0 spiro atoms. The molecule has 0 unspecified atom stereocenters. The summed E-state index contributed by atoms with van der Waals surface area (Å²) >= 11 is 6.28. The van der Waals surface area contributed by atoms with Crippen LogP contribution in [0.1, 0.15) is 16.8 Å². The molecule has 0 saturated heterocycles. The van der Waals surface area contributed by atoms with Crippen molar-refractivity contribution < 1.29 is 4.79 Å². The minimum Gasteiger partial charge on any atom is -0.376 e. The first-order chi connectivity index (χ1) is 12.4. The van der Waals surface area contributed by atoms with E-state index < -0.39 is 0 Å². The SMILES string of the molecule is Cc1nc2ccccc2c(C)c1CC(=O)Nc1ccc(N(C)C)c(Cl)c1. The minimum absolute atomic E-state index is 0.0815. The van der Waals surface area contributed by atoms with Crippen molar-refractivity contribution in [3.8, 4) is 0 Å². The fourth-order valence-electron chi connectivity index (χ4n) is 3.14. The van der Waals surface area contributed by atoms with Gasteiger partial charge in [0.1, 0.15) is 0 Å². The quantitative estimate of drug-likeness (QED) is 0.723. The standard InChI is InChI=1S/C21H22ClN3O/c1-13-16-7-5-6-8-19(16)23-14(2)17(13)12-21(26)24-15-9-10-20(25(3)4)18(22)11-15/h5-11H,12H2,1-4H3,(H,24,26). The lowest BCUT2D eigenvalue weighted by atomic mass is 9.99. The zero-order valence-electron chi connectivity index (χ0n) is 15.4. The number of carbonyl (C=O) groups is 1. The molecule has 0 aliphatic heterocycles. The summed E-state index contributed by atoms with van der Waals surface area (Å²) in [4.78, 5) is 19.1. The number of anilines is 2. The third-order valence-corrected chi connectivity index (χ3v) is 4.84. The van der Waals surface area contributed by atoms with Gasteiger partial charge in [0.25, 0.3) is 0 Å². The largest absolute Gasteiger partial charge is 0.376 e. The molecule has 4 nitrogen and oxygen atoms in total. The minimum atomic E-state index is -0.0815. The highest BCUT2D eigenvalue weighted by Crippen LogP contribution is 2.28. The van der Waals surface area contributed by atoms with Crippen LogP contribution in [0.25, 0.3) is 10.9 Å². The number of nitrogens with one attached hydrogen (secondary N) is 1. The van der Waals surface area contributed by atoms with Crippen molar-refractivity contribution in [2.75, 3.05) is 24.3 Å². The Morgan fingerprint density at radius 2 is 1.88 bits per heavy atom.